The van der Waals surface area contributed by atoms with Gasteiger partial charge in [0.05, 0.1) is 30.9 Å². The minimum Gasteiger partial charge on any atom is -0.480 e. The lowest BCUT2D eigenvalue weighted by Gasteiger charge is -2.19. The maximum absolute atomic E-state index is 12.5. The number of aliphatic carboxylic acids is 2. The second-order valence-corrected chi connectivity index (χ2v) is 6.29. The van der Waals surface area contributed by atoms with Gasteiger partial charge in [0, 0.05) is 17.5 Å². The van der Waals surface area contributed by atoms with Crippen molar-refractivity contribution in [1.29, 1.82) is 5.26 Å². The fraction of sp³-hybridized carbons (Fsp3) is 0.263. The number of anilines is 1. The molecule has 146 valence electrons. The standard InChI is InChI=1S/C19H20N4O5/c1-11-6-15(19(13(7-20)12(11)2)14-4-3-5-21-14)22-16(24)8-23(9-17(25)26)10-18(27)28/h3-6,21H,8-10H2,1-2H3,(H,22,24)(H,25,26)(H,27,28). The van der Waals surface area contributed by atoms with Crippen LogP contribution in [0, 0.1) is 25.2 Å². The predicted octanol–water partition coefficient (Wildman–Crippen LogP) is 1.58. The SMILES string of the molecule is Cc1cc(NC(=O)CN(CC(=O)O)CC(=O)O)c(-c2ccc[nH]2)c(C#N)c1C. The first kappa shape index (κ1) is 20.7. The van der Waals surface area contributed by atoms with Crippen LogP contribution in [0.15, 0.2) is 24.4 Å². The predicted molar refractivity (Wildman–Crippen MR) is 101 cm³/mol. The van der Waals surface area contributed by atoms with E-state index >= 15 is 0 Å². The van der Waals surface area contributed by atoms with E-state index in [-0.39, 0.29) is 0 Å². The molecule has 1 heterocycles. The molecule has 0 aliphatic heterocycles. The van der Waals surface area contributed by atoms with Crippen molar-refractivity contribution >= 4 is 23.5 Å². The number of carbonyl (C=O) groups excluding carboxylic acids is 1. The Balaban J connectivity index is 2.36. The van der Waals surface area contributed by atoms with Crippen LogP contribution in [0.25, 0.3) is 11.3 Å². The third-order valence-corrected chi connectivity index (χ3v) is 4.18. The number of rotatable bonds is 8. The first-order valence-corrected chi connectivity index (χ1v) is 8.36. The number of aryl methyl sites for hydroxylation is 1. The van der Waals surface area contributed by atoms with Crippen LogP contribution < -0.4 is 5.32 Å². The molecule has 0 saturated heterocycles. The van der Waals surface area contributed by atoms with E-state index in [1.807, 2.05) is 13.8 Å². The molecule has 2 rings (SSSR count). The van der Waals surface area contributed by atoms with Crippen LogP contribution in [0.3, 0.4) is 0 Å². The fourth-order valence-corrected chi connectivity index (χ4v) is 2.86. The number of amides is 1. The molecule has 1 amide bonds. The van der Waals surface area contributed by atoms with Gasteiger partial charge in [-0.3, -0.25) is 19.3 Å². The normalized spacial score (nSPS) is 10.5. The van der Waals surface area contributed by atoms with Gasteiger partial charge in [0.2, 0.25) is 5.91 Å². The Morgan fingerprint density at radius 2 is 1.82 bits per heavy atom. The van der Waals surface area contributed by atoms with Crippen molar-refractivity contribution in [3.8, 4) is 17.3 Å². The van der Waals surface area contributed by atoms with Gasteiger partial charge in [-0.2, -0.15) is 5.26 Å². The summed E-state index contributed by atoms with van der Waals surface area (Å²) in [6.07, 6.45) is 1.69. The first-order chi connectivity index (χ1) is 13.2. The number of aromatic nitrogens is 1. The van der Waals surface area contributed by atoms with Crippen LogP contribution in [0.4, 0.5) is 5.69 Å². The highest BCUT2D eigenvalue weighted by Crippen LogP contribution is 2.34. The van der Waals surface area contributed by atoms with Crippen molar-refractivity contribution in [3.05, 3.63) is 41.1 Å². The van der Waals surface area contributed by atoms with Crippen molar-refractivity contribution < 1.29 is 24.6 Å². The van der Waals surface area contributed by atoms with Crippen LogP contribution in [-0.2, 0) is 14.4 Å². The molecule has 0 bridgehead atoms. The summed E-state index contributed by atoms with van der Waals surface area (Å²) in [5, 5.41) is 30.1. The summed E-state index contributed by atoms with van der Waals surface area (Å²) in [7, 11) is 0. The number of carboxylic acid groups (broad SMARTS) is 2. The van der Waals surface area contributed by atoms with Gasteiger partial charge in [-0.15, -0.1) is 0 Å². The lowest BCUT2D eigenvalue weighted by atomic mass is 9.94. The van der Waals surface area contributed by atoms with Crippen LogP contribution >= 0.6 is 0 Å². The molecule has 0 fully saturated rings. The summed E-state index contributed by atoms with van der Waals surface area (Å²) in [6.45, 7) is 2.04. The minimum atomic E-state index is -1.24. The molecule has 0 unspecified atom stereocenters. The highest BCUT2D eigenvalue weighted by atomic mass is 16.4. The molecule has 9 nitrogen and oxygen atoms in total. The summed E-state index contributed by atoms with van der Waals surface area (Å²) < 4.78 is 0. The molecule has 4 N–H and O–H groups in total. The molecular weight excluding hydrogens is 364 g/mol. The highest BCUT2D eigenvalue weighted by Gasteiger charge is 2.21. The highest BCUT2D eigenvalue weighted by molar-refractivity contribution is 5.98. The van der Waals surface area contributed by atoms with E-state index in [1.165, 1.54) is 0 Å². The van der Waals surface area contributed by atoms with E-state index in [1.54, 1.807) is 24.4 Å². The molecule has 0 aliphatic carbocycles. The molecule has 0 saturated carbocycles. The quantitative estimate of drug-likeness (QED) is 0.540. The average molecular weight is 384 g/mol. The Labute approximate surface area is 161 Å². The van der Waals surface area contributed by atoms with E-state index in [0.29, 0.717) is 22.5 Å². The molecule has 0 spiro atoms. The lowest BCUT2D eigenvalue weighted by molar-refractivity contribution is -0.142. The number of nitrogens with zero attached hydrogens (tertiary/aromatic N) is 2. The lowest BCUT2D eigenvalue weighted by Crippen LogP contribution is -2.40. The zero-order chi connectivity index (χ0) is 20.8. The van der Waals surface area contributed by atoms with Crippen LogP contribution in [0.5, 0.6) is 0 Å². The molecule has 0 radical (unpaired) electrons. The fourth-order valence-electron chi connectivity index (χ4n) is 2.86. The maximum Gasteiger partial charge on any atom is 0.317 e. The maximum atomic E-state index is 12.5. The second kappa shape index (κ2) is 8.83. The molecule has 2 aromatic rings. The van der Waals surface area contributed by atoms with Gasteiger partial charge in [-0.1, -0.05) is 0 Å². The van der Waals surface area contributed by atoms with Gasteiger partial charge < -0.3 is 20.5 Å². The van der Waals surface area contributed by atoms with Gasteiger partial charge in [0.25, 0.3) is 0 Å². The molecule has 1 aromatic carbocycles. The van der Waals surface area contributed by atoms with E-state index in [2.05, 4.69) is 16.4 Å². The van der Waals surface area contributed by atoms with E-state index in [0.717, 1.165) is 16.0 Å². The number of H-pyrrole nitrogens is 1. The van der Waals surface area contributed by atoms with Gasteiger partial charge in [-0.25, -0.2) is 0 Å². The van der Waals surface area contributed by atoms with Gasteiger partial charge in [0.1, 0.15) is 6.07 Å². The summed E-state index contributed by atoms with van der Waals surface area (Å²) in [6, 6.07) is 7.42. The summed E-state index contributed by atoms with van der Waals surface area (Å²) in [4.78, 5) is 38.3. The molecule has 9 heteroatoms. The van der Waals surface area contributed by atoms with Crippen molar-refractivity contribution in [2.24, 2.45) is 0 Å². The van der Waals surface area contributed by atoms with Crippen molar-refractivity contribution in [1.82, 2.24) is 9.88 Å². The molecule has 1 aromatic heterocycles. The van der Waals surface area contributed by atoms with Crippen LogP contribution in [0.1, 0.15) is 16.7 Å². The largest absolute Gasteiger partial charge is 0.480 e. The minimum absolute atomic E-state index is 0.387. The number of nitriles is 1. The summed E-state index contributed by atoms with van der Waals surface area (Å²) in [5.41, 5.74) is 3.54. The third kappa shape index (κ3) is 4.96. The first-order valence-electron chi connectivity index (χ1n) is 8.36. The zero-order valence-electron chi connectivity index (χ0n) is 15.4. The number of aromatic amines is 1. The molecule has 28 heavy (non-hydrogen) atoms. The Morgan fingerprint density at radius 3 is 2.32 bits per heavy atom. The van der Waals surface area contributed by atoms with E-state index < -0.39 is 37.5 Å². The smallest absolute Gasteiger partial charge is 0.317 e. The molecule has 0 atom stereocenters. The third-order valence-electron chi connectivity index (χ3n) is 4.18. The Bertz CT molecular complexity index is 928. The molecule has 0 aliphatic rings. The average Bonchev–Trinajstić information content (AvgIpc) is 3.10. The van der Waals surface area contributed by atoms with Gasteiger partial charge >= 0.3 is 11.9 Å². The number of nitrogens with one attached hydrogen (secondary N) is 2. The van der Waals surface area contributed by atoms with Crippen LogP contribution in [-0.4, -0.2) is 57.6 Å². The monoisotopic (exact) mass is 384 g/mol. The number of benzene rings is 1. The summed E-state index contributed by atoms with van der Waals surface area (Å²) >= 11 is 0. The Morgan fingerprint density at radius 1 is 1.18 bits per heavy atom. The number of carboxylic acids is 2. The number of hydrogen-bond acceptors (Lipinski definition) is 5. The second-order valence-electron chi connectivity index (χ2n) is 6.29. The topological polar surface area (TPSA) is 147 Å². The van der Waals surface area contributed by atoms with E-state index in [9.17, 15) is 19.6 Å². The van der Waals surface area contributed by atoms with Crippen molar-refractivity contribution in [3.63, 3.8) is 0 Å². The van der Waals surface area contributed by atoms with E-state index in [4.69, 9.17) is 10.2 Å². The van der Waals surface area contributed by atoms with Gasteiger partial charge in [-0.05, 0) is 43.2 Å². The number of carbonyl (C=O) groups is 3. The van der Waals surface area contributed by atoms with Crippen molar-refractivity contribution in [2.75, 3.05) is 25.0 Å². The number of hydrogen-bond donors (Lipinski definition) is 4. The summed E-state index contributed by atoms with van der Waals surface area (Å²) in [5.74, 6) is -3.06. The Hall–Kier alpha value is -3.64. The Kier molecular flexibility index (Phi) is 6.52. The zero-order valence-corrected chi connectivity index (χ0v) is 15.4. The molecular formula is C19H20N4O5. The van der Waals surface area contributed by atoms with Gasteiger partial charge in [0.15, 0.2) is 0 Å². The van der Waals surface area contributed by atoms with Crippen LogP contribution in [0.2, 0.25) is 0 Å². The van der Waals surface area contributed by atoms with Crippen molar-refractivity contribution in [2.45, 2.75) is 13.8 Å².